The van der Waals surface area contributed by atoms with Gasteiger partial charge in [-0.05, 0) is 13.8 Å². The minimum Gasteiger partial charge on any atom is -0.370 e. The summed E-state index contributed by atoms with van der Waals surface area (Å²) in [6.07, 6.45) is 2.75. The number of hydrogen-bond acceptors (Lipinski definition) is 3. The molecule has 1 aromatic rings. The molecule has 12 heavy (non-hydrogen) atoms. The highest BCUT2D eigenvalue weighted by atomic mass is 15.0. The van der Waals surface area contributed by atoms with Crippen molar-refractivity contribution in [2.24, 2.45) is 0 Å². The van der Waals surface area contributed by atoms with Gasteiger partial charge in [-0.2, -0.15) is 0 Å². The summed E-state index contributed by atoms with van der Waals surface area (Å²) < 4.78 is 0. The first-order valence-electron chi connectivity index (χ1n) is 4.34. The van der Waals surface area contributed by atoms with Gasteiger partial charge in [-0.1, -0.05) is 6.92 Å². The molecule has 0 unspecified atom stereocenters. The van der Waals surface area contributed by atoms with Crippen LogP contribution in [0.5, 0.6) is 0 Å². The van der Waals surface area contributed by atoms with E-state index in [2.05, 4.69) is 29.1 Å². The van der Waals surface area contributed by atoms with Gasteiger partial charge in [0.2, 0.25) is 0 Å². The maximum absolute atomic E-state index is 4.36. The van der Waals surface area contributed by atoms with E-state index in [1.54, 1.807) is 0 Å². The summed E-state index contributed by atoms with van der Waals surface area (Å²) in [5, 5.41) is 3.20. The highest BCUT2D eigenvalue weighted by Crippen LogP contribution is 2.09. The molecule has 1 aromatic heterocycles. The van der Waals surface area contributed by atoms with Crippen molar-refractivity contribution in [3.8, 4) is 0 Å². The van der Waals surface area contributed by atoms with Crippen molar-refractivity contribution in [1.29, 1.82) is 0 Å². The van der Waals surface area contributed by atoms with Crippen LogP contribution in [0.3, 0.4) is 0 Å². The maximum atomic E-state index is 4.36. The lowest BCUT2D eigenvalue weighted by atomic mass is 10.3. The summed E-state index contributed by atoms with van der Waals surface area (Å²) in [4.78, 5) is 8.55. The fourth-order valence-electron chi connectivity index (χ4n) is 0.995. The Bertz CT molecular complexity index is 258. The average Bonchev–Trinajstić information content (AvgIpc) is 2.09. The van der Waals surface area contributed by atoms with Crippen LogP contribution in [0, 0.1) is 6.92 Å². The molecule has 0 radical (unpaired) electrons. The van der Waals surface area contributed by atoms with Crippen molar-refractivity contribution in [2.75, 3.05) is 11.9 Å². The van der Waals surface area contributed by atoms with Crippen LogP contribution in [-0.4, -0.2) is 16.5 Å². The Hall–Kier alpha value is -1.12. The Balaban J connectivity index is 2.91. The zero-order valence-corrected chi connectivity index (χ0v) is 7.89. The van der Waals surface area contributed by atoms with Crippen molar-refractivity contribution >= 4 is 5.82 Å². The molecule has 1 N–H and O–H groups in total. The van der Waals surface area contributed by atoms with Gasteiger partial charge in [0.05, 0.1) is 0 Å². The smallest absolute Gasteiger partial charge is 0.132 e. The first kappa shape index (κ1) is 8.97. The van der Waals surface area contributed by atoms with E-state index in [9.17, 15) is 0 Å². The van der Waals surface area contributed by atoms with Gasteiger partial charge in [0, 0.05) is 24.7 Å². The largest absolute Gasteiger partial charge is 0.370 e. The first-order valence-corrected chi connectivity index (χ1v) is 4.34. The van der Waals surface area contributed by atoms with Gasteiger partial charge in [-0.3, -0.25) is 0 Å². The number of nitrogens with one attached hydrogen (secondary N) is 1. The van der Waals surface area contributed by atoms with Gasteiger partial charge in [0.15, 0.2) is 0 Å². The van der Waals surface area contributed by atoms with E-state index in [-0.39, 0.29) is 0 Å². The van der Waals surface area contributed by atoms with Crippen LogP contribution in [0.4, 0.5) is 5.82 Å². The SMILES string of the molecule is CCNc1nc(CC)ncc1C. The fraction of sp³-hybridized carbons (Fsp3) is 0.556. The molecule has 3 heteroatoms. The summed E-state index contributed by atoms with van der Waals surface area (Å²) in [6, 6.07) is 0. The molecule has 0 aliphatic carbocycles. The van der Waals surface area contributed by atoms with Crippen molar-refractivity contribution in [1.82, 2.24) is 9.97 Å². The van der Waals surface area contributed by atoms with E-state index in [1.807, 2.05) is 13.1 Å². The predicted molar refractivity (Wildman–Crippen MR) is 50.3 cm³/mol. The highest BCUT2D eigenvalue weighted by Gasteiger charge is 1.99. The van der Waals surface area contributed by atoms with Crippen LogP contribution in [0.1, 0.15) is 25.2 Å². The number of nitrogens with zero attached hydrogens (tertiary/aromatic N) is 2. The number of aromatic nitrogens is 2. The molecule has 3 nitrogen and oxygen atoms in total. The molecule has 0 amide bonds. The van der Waals surface area contributed by atoms with Gasteiger partial charge in [0.25, 0.3) is 0 Å². The molecule has 0 aliphatic heterocycles. The molecule has 1 rings (SSSR count). The minimum atomic E-state index is 0.888. The van der Waals surface area contributed by atoms with Gasteiger partial charge >= 0.3 is 0 Å². The van der Waals surface area contributed by atoms with E-state index >= 15 is 0 Å². The number of aryl methyl sites for hydroxylation is 2. The Morgan fingerprint density at radius 1 is 1.42 bits per heavy atom. The molecular formula is C9H15N3. The molecule has 0 aromatic carbocycles. The number of hydrogen-bond donors (Lipinski definition) is 1. The van der Waals surface area contributed by atoms with Crippen LogP contribution >= 0.6 is 0 Å². The molecule has 0 saturated heterocycles. The van der Waals surface area contributed by atoms with Crippen LogP contribution in [0.15, 0.2) is 6.20 Å². The first-order chi connectivity index (χ1) is 5.77. The number of rotatable bonds is 3. The third-order valence-corrected chi connectivity index (χ3v) is 1.68. The second-order valence-corrected chi connectivity index (χ2v) is 2.70. The van der Waals surface area contributed by atoms with Gasteiger partial charge in [0.1, 0.15) is 11.6 Å². The third-order valence-electron chi connectivity index (χ3n) is 1.68. The molecule has 0 atom stereocenters. The lowest BCUT2D eigenvalue weighted by molar-refractivity contribution is 0.925. The molecule has 1 heterocycles. The Morgan fingerprint density at radius 2 is 2.17 bits per heavy atom. The van der Waals surface area contributed by atoms with Crippen LogP contribution in [0.25, 0.3) is 0 Å². The van der Waals surface area contributed by atoms with Crippen molar-refractivity contribution in [3.05, 3.63) is 17.6 Å². The van der Waals surface area contributed by atoms with Crippen molar-refractivity contribution < 1.29 is 0 Å². The summed E-state index contributed by atoms with van der Waals surface area (Å²) in [5.74, 6) is 1.86. The lowest BCUT2D eigenvalue weighted by Gasteiger charge is -2.06. The number of anilines is 1. The molecule has 66 valence electrons. The second kappa shape index (κ2) is 4.04. The van der Waals surface area contributed by atoms with E-state index in [0.29, 0.717) is 0 Å². The van der Waals surface area contributed by atoms with Gasteiger partial charge in [-0.15, -0.1) is 0 Å². The lowest BCUT2D eigenvalue weighted by Crippen LogP contribution is -2.04. The molecule has 0 saturated carbocycles. The zero-order valence-electron chi connectivity index (χ0n) is 7.89. The van der Waals surface area contributed by atoms with Gasteiger partial charge in [-0.25, -0.2) is 9.97 Å². The minimum absolute atomic E-state index is 0.888. The molecule has 0 bridgehead atoms. The third kappa shape index (κ3) is 1.94. The molecule has 0 spiro atoms. The Kier molecular flexibility index (Phi) is 3.02. The van der Waals surface area contributed by atoms with Crippen molar-refractivity contribution in [2.45, 2.75) is 27.2 Å². The highest BCUT2D eigenvalue weighted by molar-refractivity contribution is 5.41. The standard InChI is InChI=1S/C9H15N3/c1-4-8-11-6-7(3)9(12-8)10-5-2/h6H,4-5H2,1-3H3,(H,10,11,12). The van der Waals surface area contributed by atoms with Crippen LogP contribution in [0.2, 0.25) is 0 Å². The second-order valence-electron chi connectivity index (χ2n) is 2.70. The maximum Gasteiger partial charge on any atom is 0.132 e. The van der Waals surface area contributed by atoms with E-state index in [0.717, 1.165) is 30.2 Å². The van der Waals surface area contributed by atoms with E-state index in [4.69, 9.17) is 0 Å². The summed E-state index contributed by atoms with van der Waals surface area (Å²) >= 11 is 0. The zero-order chi connectivity index (χ0) is 8.97. The van der Waals surface area contributed by atoms with Crippen LogP contribution in [-0.2, 0) is 6.42 Å². The van der Waals surface area contributed by atoms with Crippen LogP contribution < -0.4 is 5.32 Å². The fourth-order valence-corrected chi connectivity index (χ4v) is 0.995. The van der Waals surface area contributed by atoms with Gasteiger partial charge < -0.3 is 5.32 Å². The normalized spacial score (nSPS) is 9.92. The summed E-state index contributed by atoms with van der Waals surface area (Å²) in [7, 11) is 0. The summed E-state index contributed by atoms with van der Waals surface area (Å²) in [6.45, 7) is 7.03. The summed E-state index contributed by atoms with van der Waals surface area (Å²) in [5.41, 5.74) is 1.11. The Morgan fingerprint density at radius 3 is 2.75 bits per heavy atom. The van der Waals surface area contributed by atoms with E-state index in [1.165, 1.54) is 0 Å². The van der Waals surface area contributed by atoms with Crippen molar-refractivity contribution in [3.63, 3.8) is 0 Å². The monoisotopic (exact) mass is 165 g/mol. The topological polar surface area (TPSA) is 37.8 Å². The Labute approximate surface area is 73.2 Å². The van der Waals surface area contributed by atoms with E-state index < -0.39 is 0 Å². The molecular weight excluding hydrogens is 150 g/mol. The quantitative estimate of drug-likeness (QED) is 0.741. The average molecular weight is 165 g/mol. The molecule has 0 aliphatic rings. The molecule has 0 fully saturated rings. The predicted octanol–water partition coefficient (Wildman–Crippen LogP) is 1.78.